The van der Waals surface area contributed by atoms with Crippen molar-refractivity contribution in [3.05, 3.63) is 65.2 Å². The highest BCUT2D eigenvalue weighted by Gasteiger charge is 2.45. The van der Waals surface area contributed by atoms with E-state index in [4.69, 9.17) is 4.74 Å². The topological polar surface area (TPSA) is 87.1 Å². The van der Waals surface area contributed by atoms with Gasteiger partial charge in [-0.25, -0.2) is 0 Å². The van der Waals surface area contributed by atoms with Gasteiger partial charge in [-0.15, -0.1) is 0 Å². The number of phenols is 1. The molecule has 1 aliphatic heterocycles. The molecule has 164 valence electrons. The van der Waals surface area contributed by atoms with Crippen LogP contribution in [0.2, 0.25) is 0 Å². The van der Waals surface area contributed by atoms with Crippen molar-refractivity contribution in [1.82, 2.24) is 4.90 Å². The Morgan fingerprint density at radius 3 is 2.26 bits per heavy atom. The summed E-state index contributed by atoms with van der Waals surface area (Å²) in [5.41, 5.74) is 1.16. The summed E-state index contributed by atoms with van der Waals surface area (Å²) in [4.78, 5) is 27.0. The number of aromatic hydroxyl groups is 1. The first-order valence-electron chi connectivity index (χ1n) is 10.8. The van der Waals surface area contributed by atoms with Gasteiger partial charge >= 0.3 is 0 Å². The van der Waals surface area contributed by atoms with Crippen molar-refractivity contribution in [3.63, 3.8) is 0 Å². The molecule has 1 amide bonds. The Morgan fingerprint density at radius 1 is 0.968 bits per heavy atom. The summed E-state index contributed by atoms with van der Waals surface area (Å²) in [6.07, 6.45) is 3.87. The second-order valence-electron chi connectivity index (χ2n) is 7.66. The maximum absolute atomic E-state index is 12.8. The van der Waals surface area contributed by atoms with Gasteiger partial charge in [0.1, 0.15) is 17.3 Å². The molecule has 31 heavy (non-hydrogen) atoms. The number of aliphatic hydroxyl groups is 1. The first-order valence-corrected chi connectivity index (χ1v) is 10.8. The zero-order chi connectivity index (χ0) is 22.4. The van der Waals surface area contributed by atoms with Gasteiger partial charge < -0.3 is 19.8 Å². The lowest BCUT2D eigenvalue weighted by Crippen LogP contribution is -2.30. The minimum atomic E-state index is -0.705. The van der Waals surface area contributed by atoms with Crippen LogP contribution in [0.3, 0.4) is 0 Å². The van der Waals surface area contributed by atoms with E-state index in [0.717, 1.165) is 19.3 Å². The predicted molar refractivity (Wildman–Crippen MR) is 119 cm³/mol. The molecule has 1 unspecified atom stereocenters. The predicted octanol–water partition coefficient (Wildman–Crippen LogP) is 4.79. The van der Waals surface area contributed by atoms with E-state index in [9.17, 15) is 19.8 Å². The molecule has 2 aromatic carbocycles. The Hall–Kier alpha value is -3.28. The van der Waals surface area contributed by atoms with Crippen molar-refractivity contribution in [2.24, 2.45) is 0 Å². The van der Waals surface area contributed by atoms with Gasteiger partial charge in [-0.05, 0) is 54.8 Å². The van der Waals surface area contributed by atoms with Crippen molar-refractivity contribution in [2.45, 2.75) is 45.6 Å². The van der Waals surface area contributed by atoms with E-state index in [-0.39, 0.29) is 17.1 Å². The molecule has 0 saturated carbocycles. The number of carbonyl (C=O) groups excluding carboxylic acids is 2. The van der Waals surface area contributed by atoms with Gasteiger partial charge in [-0.3, -0.25) is 9.59 Å². The normalized spacial score (nSPS) is 17.9. The van der Waals surface area contributed by atoms with E-state index in [1.807, 2.05) is 6.92 Å². The van der Waals surface area contributed by atoms with Gasteiger partial charge in [0.15, 0.2) is 0 Å². The van der Waals surface area contributed by atoms with E-state index < -0.39 is 17.7 Å². The maximum Gasteiger partial charge on any atom is 0.295 e. The number of rotatable bonds is 9. The number of benzene rings is 2. The summed E-state index contributed by atoms with van der Waals surface area (Å²) in [7, 11) is 0. The number of aliphatic hydroxyl groups excluding tert-OH is 1. The molecule has 2 aromatic rings. The largest absolute Gasteiger partial charge is 0.508 e. The minimum absolute atomic E-state index is 0.0563. The monoisotopic (exact) mass is 423 g/mol. The third-order valence-electron chi connectivity index (χ3n) is 5.36. The molecule has 1 saturated heterocycles. The van der Waals surface area contributed by atoms with Gasteiger partial charge in [0.25, 0.3) is 11.7 Å². The van der Waals surface area contributed by atoms with Crippen LogP contribution in [0.4, 0.5) is 0 Å². The summed E-state index contributed by atoms with van der Waals surface area (Å²) >= 11 is 0. The molecule has 3 rings (SSSR count). The molecule has 0 radical (unpaired) electrons. The number of Topliss-reactive ketones (excluding diaryl/α,β-unsaturated/α-hetero) is 1. The molecule has 1 atom stereocenters. The van der Waals surface area contributed by atoms with Crippen LogP contribution in [0.25, 0.3) is 5.76 Å². The highest BCUT2D eigenvalue weighted by molar-refractivity contribution is 6.46. The van der Waals surface area contributed by atoms with Crippen LogP contribution in [0.1, 0.15) is 56.7 Å². The molecular weight excluding hydrogens is 394 g/mol. The summed E-state index contributed by atoms with van der Waals surface area (Å²) < 4.78 is 5.71. The molecule has 6 heteroatoms. The number of hydrogen-bond acceptors (Lipinski definition) is 5. The quantitative estimate of drug-likeness (QED) is 0.262. The van der Waals surface area contributed by atoms with E-state index in [0.29, 0.717) is 36.4 Å². The number of ketones is 1. The Morgan fingerprint density at radius 2 is 1.65 bits per heavy atom. The average Bonchev–Trinajstić information content (AvgIpc) is 3.02. The number of amides is 1. The standard InChI is InChI=1S/C25H29NO5/c1-3-5-6-16-31-20-13-9-18(10-14-20)23(28)21-22(17-7-11-19(27)12-8-17)26(15-4-2)25(30)24(21)29/h7-14,22,27-28H,3-6,15-16H2,1-2H3/b23-21-. The van der Waals surface area contributed by atoms with Gasteiger partial charge in [-0.2, -0.15) is 0 Å². The molecule has 2 N–H and O–H groups in total. The Balaban J connectivity index is 1.95. The highest BCUT2D eigenvalue weighted by Crippen LogP contribution is 2.39. The average molecular weight is 424 g/mol. The molecule has 6 nitrogen and oxygen atoms in total. The van der Waals surface area contributed by atoms with Crippen molar-refractivity contribution in [2.75, 3.05) is 13.2 Å². The second-order valence-corrected chi connectivity index (χ2v) is 7.66. The van der Waals surface area contributed by atoms with Crippen molar-refractivity contribution < 1.29 is 24.5 Å². The molecule has 1 aliphatic rings. The van der Waals surface area contributed by atoms with Crippen LogP contribution in [0.5, 0.6) is 11.5 Å². The summed E-state index contributed by atoms with van der Waals surface area (Å²) in [6, 6.07) is 12.5. The SMILES string of the molecule is CCCCCOc1ccc(/C(O)=C2/C(=O)C(=O)N(CCC)C2c2ccc(O)cc2)cc1. The number of hydrogen-bond donors (Lipinski definition) is 2. The third-order valence-corrected chi connectivity index (χ3v) is 5.36. The van der Waals surface area contributed by atoms with Crippen LogP contribution in [0.15, 0.2) is 54.1 Å². The third kappa shape index (κ3) is 4.90. The fraction of sp³-hybridized carbons (Fsp3) is 0.360. The van der Waals surface area contributed by atoms with Crippen LogP contribution >= 0.6 is 0 Å². The van der Waals surface area contributed by atoms with Crippen molar-refractivity contribution in [1.29, 1.82) is 0 Å². The van der Waals surface area contributed by atoms with E-state index in [2.05, 4.69) is 6.92 Å². The fourth-order valence-corrected chi connectivity index (χ4v) is 3.76. The van der Waals surface area contributed by atoms with Crippen LogP contribution in [-0.2, 0) is 9.59 Å². The summed E-state index contributed by atoms with van der Waals surface area (Å²) in [5.74, 6) is -0.770. The lowest BCUT2D eigenvalue weighted by atomic mass is 9.95. The van der Waals surface area contributed by atoms with E-state index >= 15 is 0 Å². The van der Waals surface area contributed by atoms with Crippen LogP contribution < -0.4 is 4.74 Å². The minimum Gasteiger partial charge on any atom is -0.508 e. The summed E-state index contributed by atoms with van der Waals surface area (Å²) in [5, 5.41) is 20.6. The lowest BCUT2D eigenvalue weighted by Gasteiger charge is -2.24. The smallest absolute Gasteiger partial charge is 0.295 e. The lowest BCUT2D eigenvalue weighted by molar-refractivity contribution is -0.139. The van der Waals surface area contributed by atoms with Gasteiger partial charge in [0.05, 0.1) is 18.2 Å². The zero-order valence-electron chi connectivity index (χ0n) is 18.0. The molecular formula is C25H29NO5. The molecule has 0 bridgehead atoms. The number of nitrogens with zero attached hydrogens (tertiary/aromatic N) is 1. The first-order chi connectivity index (χ1) is 15.0. The molecule has 0 aliphatic carbocycles. The first kappa shape index (κ1) is 22.4. The van der Waals surface area contributed by atoms with Gasteiger partial charge in [-0.1, -0.05) is 38.8 Å². The molecule has 0 aromatic heterocycles. The highest BCUT2D eigenvalue weighted by atomic mass is 16.5. The maximum atomic E-state index is 12.8. The molecule has 1 heterocycles. The van der Waals surface area contributed by atoms with Crippen LogP contribution in [0, 0.1) is 0 Å². The number of carbonyl (C=O) groups is 2. The van der Waals surface area contributed by atoms with Crippen molar-refractivity contribution in [3.8, 4) is 11.5 Å². The number of phenolic OH excluding ortho intramolecular Hbond substituents is 1. The van der Waals surface area contributed by atoms with Gasteiger partial charge in [0.2, 0.25) is 0 Å². The number of unbranched alkanes of at least 4 members (excludes halogenated alkanes) is 2. The van der Waals surface area contributed by atoms with E-state index in [1.54, 1.807) is 36.4 Å². The number of likely N-dealkylation sites (tertiary alicyclic amines) is 1. The Labute approximate surface area is 182 Å². The Kier molecular flexibility index (Phi) is 7.34. The van der Waals surface area contributed by atoms with Crippen LogP contribution in [-0.4, -0.2) is 40.0 Å². The molecule has 0 spiro atoms. The van der Waals surface area contributed by atoms with Crippen molar-refractivity contribution >= 4 is 17.4 Å². The summed E-state index contributed by atoms with van der Waals surface area (Å²) in [6.45, 7) is 5.07. The Bertz CT molecular complexity index is 947. The fourth-order valence-electron chi connectivity index (χ4n) is 3.76. The zero-order valence-corrected chi connectivity index (χ0v) is 18.0. The van der Waals surface area contributed by atoms with E-state index in [1.165, 1.54) is 17.0 Å². The second kappa shape index (κ2) is 10.2. The van der Waals surface area contributed by atoms with Gasteiger partial charge in [0, 0.05) is 12.1 Å². The molecule has 1 fully saturated rings. The number of ether oxygens (including phenoxy) is 1.